The van der Waals surface area contributed by atoms with Crippen molar-refractivity contribution >= 4 is 25.8 Å². The number of hydrogen-bond acceptors (Lipinski definition) is 13. The highest BCUT2D eigenvalue weighted by atomic mass is 31.2. The van der Waals surface area contributed by atoms with Crippen LogP contribution in [0.5, 0.6) is 0 Å². The summed E-state index contributed by atoms with van der Waals surface area (Å²) in [4.78, 5) is 33.9. The largest absolute Gasteiger partial charge is 0.477 e. The van der Waals surface area contributed by atoms with Crippen LogP contribution in [0.4, 0.5) is 4.79 Å². The van der Waals surface area contributed by atoms with E-state index in [0.29, 0.717) is 0 Å². The first kappa shape index (κ1) is 25.2. The molecular weight excluding hydrogens is 423 g/mol. The average Bonchev–Trinajstić information content (AvgIpc) is 2.64. The lowest BCUT2D eigenvalue weighted by molar-refractivity contribution is -0.297. The first-order chi connectivity index (χ1) is 13.3. The first-order valence-electron chi connectivity index (χ1n) is 7.85. The molecule has 16 heteroatoms. The van der Waals surface area contributed by atoms with Crippen molar-refractivity contribution < 1.29 is 62.1 Å². The van der Waals surface area contributed by atoms with E-state index in [0.717, 1.165) is 21.1 Å². The molecule has 1 rings (SSSR count). The zero-order valence-corrected chi connectivity index (χ0v) is 16.5. The van der Waals surface area contributed by atoms with Crippen LogP contribution in [0.15, 0.2) is 0 Å². The molecule has 1 aliphatic rings. The molecule has 0 aliphatic carbocycles. The molecule has 2 amide bonds. The van der Waals surface area contributed by atoms with Crippen molar-refractivity contribution in [1.82, 2.24) is 0 Å². The number of carbonyl (C=O) groups is 3. The third-order valence-corrected chi connectivity index (χ3v) is 5.17. The number of carbonyl (C=O) groups excluding carboxylic acids is 3. The van der Waals surface area contributed by atoms with E-state index < -0.39 is 68.7 Å². The van der Waals surface area contributed by atoms with Crippen LogP contribution >= 0.6 is 7.82 Å². The summed E-state index contributed by atoms with van der Waals surface area (Å²) >= 11 is 0. The Kier molecular flexibility index (Phi) is 8.49. The van der Waals surface area contributed by atoms with Gasteiger partial charge < -0.3 is 41.0 Å². The molecule has 1 heterocycles. The number of ether oxygens (including phenoxy) is 3. The number of nitrogens with two attached hydrogens (primary N) is 2. The van der Waals surface area contributed by atoms with Gasteiger partial charge in [0.15, 0.2) is 24.6 Å². The van der Waals surface area contributed by atoms with Crippen molar-refractivity contribution in [2.45, 2.75) is 43.2 Å². The van der Waals surface area contributed by atoms with Crippen LogP contribution in [-0.4, -0.2) is 90.4 Å². The molecule has 0 aromatic rings. The summed E-state index contributed by atoms with van der Waals surface area (Å²) < 4.78 is 40.7. The Morgan fingerprint density at radius 2 is 1.86 bits per heavy atom. The average molecular weight is 446 g/mol. The second-order valence-corrected chi connectivity index (χ2v) is 7.66. The van der Waals surface area contributed by atoms with Crippen molar-refractivity contribution in [3.63, 3.8) is 0 Å². The van der Waals surface area contributed by atoms with E-state index in [2.05, 4.69) is 14.0 Å². The highest BCUT2D eigenvalue weighted by Crippen LogP contribution is 2.51. The fourth-order valence-electron chi connectivity index (χ4n) is 2.37. The second kappa shape index (κ2) is 9.77. The number of primary amides is 2. The molecule has 0 saturated carbocycles. The third kappa shape index (κ3) is 6.07. The Bertz CT molecular complexity index is 671. The molecule has 1 aliphatic heterocycles. The van der Waals surface area contributed by atoms with Crippen LogP contribution in [0.3, 0.4) is 0 Å². The molecule has 29 heavy (non-hydrogen) atoms. The third-order valence-electron chi connectivity index (χ3n) is 3.79. The van der Waals surface area contributed by atoms with Crippen LogP contribution in [0.25, 0.3) is 0 Å². The van der Waals surface area contributed by atoms with Crippen molar-refractivity contribution in [2.24, 2.45) is 11.5 Å². The maximum absolute atomic E-state index is 12.5. The van der Waals surface area contributed by atoms with Gasteiger partial charge in [-0.05, 0) is 6.92 Å². The molecule has 15 nitrogen and oxygen atoms in total. The Morgan fingerprint density at radius 3 is 2.31 bits per heavy atom. The second-order valence-electron chi connectivity index (χ2n) is 5.93. The van der Waals surface area contributed by atoms with Gasteiger partial charge in [0.2, 0.25) is 5.91 Å². The summed E-state index contributed by atoms with van der Waals surface area (Å²) in [6, 6.07) is 0. The molecule has 0 spiro atoms. The minimum absolute atomic E-state index is 0.861. The van der Waals surface area contributed by atoms with Gasteiger partial charge in [-0.2, -0.15) is 0 Å². The van der Waals surface area contributed by atoms with Crippen molar-refractivity contribution in [2.75, 3.05) is 20.8 Å². The first-order valence-corrected chi connectivity index (χ1v) is 9.31. The molecule has 0 bridgehead atoms. The number of amides is 2. The fraction of sp³-hybridized carbons (Fsp3) is 0.769. The molecule has 0 aromatic carbocycles. The lowest BCUT2D eigenvalue weighted by Crippen LogP contribution is -2.69. The minimum atomic E-state index is -4.63. The van der Waals surface area contributed by atoms with E-state index in [1.165, 1.54) is 0 Å². The normalized spacial score (nSPS) is 32.6. The topological polar surface area (TPSA) is 236 Å². The smallest absolute Gasteiger partial charge is 0.467 e. The molecule has 1 fully saturated rings. The van der Waals surface area contributed by atoms with Gasteiger partial charge in [0.25, 0.3) is 0 Å². The van der Waals surface area contributed by atoms with Crippen molar-refractivity contribution in [1.29, 1.82) is 0 Å². The van der Waals surface area contributed by atoms with Gasteiger partial charge >= 0.3 is 19.9 Å². The fourth-order valence-corrected chi connectivity index (χ4v) is 3.37. The molecule has 0 radical (unpaired) electrons. The predicted octanol–water partition coefficient (Wildman–Crippen LogP) is -2.91. The van der Waals surface area contributed by atoms with Gasteiger partial charge in [-0.1, -0.05) is 0 Å². The highest BCUT2D eigenvalue weighted by Gasteiger charge is 2.58. The molecule has 0 aromatic heterocycles. The zero-order valence-electron chi connectivity index (χ0n) is 15.6. The van der Waals surface area contributed by atoms with E-state index in [1.807, 2.05) is 0 Å². The zero-order chi connectivity index (χ0) is 22.6. The summed E-state index contributed by atoms with van der Waals surface area (Å²) in [5, 5.41) is 30.2. The summed E-state index contributed by atoms with van der Waals surface area (Å²) in [5.74, 6) is -2.36. The number of aliphatic hydroxyl groups is 3. The quantitative estimate of drug-likeness (QED) is 0.177. The maximum atomic E-state index is 12.5. The molecule has 7 atom stereocenters. The number of hydrogen-bond donors (Lipinski definition) is 5. The van der Waals surface area contributed by atoms with Crippen LogP contribution in [0.2, 0.25) is 0 Å². The minimum Gasteiger partial charge on any atom is -0.467 e. The van der Waals surface area contributed by atoms with Crippen LogP contribution in [-0.2, 0) is 41.9 Å². The molecule has 1 unspecified atom stereocenters. The van der Waals surface area contributed by atoms with E-state index in [4.69, 9.17) is 25.3 Å². The van der Waals surface area contributed by atoms with E-state index in [1.54, 1.807) is 0 Å². The van der Waals surface area contributed by atoms with E-state index >= 15 is 0 Å². The van der Waals surface area contributed by atoms with Crippen LogP contribution in [0.1, 0.15) is 6.92 Å². The summed E-state index contributed by atoms with van der Waals surface area (Å²) in [6.45, 7) is 0.0629. The number of phosphoric ester groups is 1. The maximum Gasteiger partial charge on any atom is 0.477 e. The number of phosphoric acid groups is 1. The van der Waals surface area contributed by atoms with E-state index in [9.17, 15) is 34.3 Å². The van der Waals surface area contributed by atoms with E-state index in [-0.39, 0.29) is 0 Å². The Labute approximate surface area is 164 Å². The lowest BCUT2D eigenvalue weighted by atomic mass is 9.85. The highest BCUT2D eigenvalue weighted by molar-refractivity contribution is 7.48. The number of aliphatic hydroxyl groups excluding tert-OH is 2. The van der Waals surface area contributed by atoms with Gasteiger partial charge in [-0.3, -0.25) is 18.4 Å². The van der Waals surface area contributed by atoms with Crippen molar-refractivity contribution in [3.05, 3.63) is 0 Å². The Balaban J connectivity index is 3.07. The molecular formula is C13H23N2O13P. The predicted molar refractivity (Wildman–Crippen MR) is 88.6 cm³/mol. The SMILES string of the molecule is COC(=O)[C@H](O)COP(=O)(OC)O[C@H]1O[C@H](C(N)=O)[C@@](C)(O)[C@H](OC(N)=O)[C@H]1O. The van der Waals surface area contributed by atoms with Crippen LogP contribution in [0, 0.1) is 0 Å². The van der Waals surface area contributed by atoms with Gasteiger partial charge in [0.1, 0.15) is 11.7 Å². The summed E-state index contributed by atoms with van der Waals surface area (Å²) in [7, 11) is -2.78. The van der Waals surface area contributed by atoms with Crippen molar-refractivity contribution in [3.8, 4) is 0 Å². The molecule has 168 valence electrons. The lowest BCUT2D eigenvalue weighted by Gasteiger charge is -2.46. The number of esters is 1. The Morgan fingerprint density at radius 1 is 1.28 bits per heavy atom. The standard InChI is InChI=1S/C13H23N2O13P/c1-13(21)7(27-12(15)20)6(17)11(26-8(13)9(14)18)28-29(22,24-3)25-4-5(16)10(19)23-2/h5-8,11,16-17,21H,4H2,1-3H3,(H2,14,18)(H2,15,20)/t5-,6-,7-,8-,11-,13+,29?/m1/s1. The molecule has 7 N–H and O–H groups in total. The number of rotatable bonds is 9. The summed E-state index contributed by atoms with van der Waals surface area (Å²) in [5.41, 5.74) is 7.68. The van der Waals surface area contributed by atoms with Gasteiger partial charge in [-0.15, -0.1) is 0 Å². The Hall–Kier alpha value is -1.84. The van der Waals surface area contributed by atoms with Gasteiger partial charge in [0, 0.05) is 7.11 Å². The molecule has 1 saturated heterocycles. The van der Waals surface area contributed by atoms with Crippen LogP contribution < -0.4 is 11.5 Å². The van der Waals surface area contributed by atoms with Gasteiger partial charge in [0.05, 0.1) is 13.7 Å². The summed E-state index contributed by atoms with van der Waals surface area (Å²) in [6.07, 6.45) is -11.2. The monoisotopic (exact) mass is 446 g/mol. The van der Waals surface area contributed by atoms with Gasteiger partial charge in [-0.25, -0.2) is 14.2 Å². The number of methoxy groups -OCH3 is 1.